The number of hydrogen-bond acceptors (Lipinski definition) is 4. The first-order valence-electron chi connectivity index (χ1n) is 11.1. The third-order valence-corrected chi connectivity index (χ3v) is 6.87. The van der Waals surface area contributed by atoms with Gasteiger partial charge in [0.1, 0.15) is 16.8 Å². The smallest absolute Gasteiger partial charge is 0.278 e. The van der Waals surface area contributed by atoms with Gasteiger partial charge in [0.25, 0.3) is 5.56 Å². The molecule has 6 heteroatoms. The molecule has 1 N–H and O–H groups in total. The summed E-state index contributed by atoms with van der Waals surface area (Å²) in [5.41, 5.74) is 6.54. The molecule has 0 aliphatic carbocycles. The number of benzene rings is 3. The van der Waals surface area contributed by atoms with E-state index in [-0.39, 0.29) is 5.56 Å². The van der Waals surface area contributed by atoms with Crippen LogP contribution in [0.1, 0.15) is 16.7 Å². The van der Waals surface area contributed by atoms with E-state index in [9.17, 15) is 4.79 Å². The Kier molecular flexibility index (Phi) is 6.23. The number of fused-ring (bicyclic) bond motifs is 1. The van der Waals surface area contributed by atoms with E-state index in [1.807, 2.05) is 60.8 Å². The topological polar surface area (TPSA) is 59.9 Å². The van der Waals surface area contributed by atoms with Gasteiger partial charge in [-0.1, -0.05) is 84.1 Å². The molecule has 0 saturated carbocycles. The lowest BCUT2D eigenvalue weighted by atomic mass is 10.1. The van der Waals surface area contributed by atoms with E-state index in [0.717, 1.165) is 28.2 Å². The Morgan fingerprint density at radius 3 is 2.35 bits per heavy atom. The minimum Gasteiger partial charge on any atom is -0.497 e. The van der Waals surface area contributed by atoms with Gasteiger partial charge in [-0.05, 0) is 35.7 Å². The Balaban J connectivity index is 1.58. The number of aryl methyl sites for hydroxylation is 1. The van der Waals surface area contributed by atoms with Crippen LogP contribution in [0.2, 0.25) is 0 Å². The van der Waals surface area contributed by atoms with Crippen LogP contribution in [0, 0.1) is 6.92 Å². The van der Waals surface area contributed by atoms with Crippen LogP contribution in [-0.2, 0) is 12.3 Å². The number of aromatic nitrogens is 3. The second kappa shape index (κ2) is 9.61. The molecule has 5 nitrogen and oxygen atoms in total. The van der Waals surface area contributed by atoms with E-state index in [0.29, 0.717) is 22.7 Å². The van der Waals surface area contributed by atoms with Gasteiger partial charge in [-0.3, -0.25) is 9.36 Å². The Hall–Kier alpha value is -3.77. The number of nitrogens with zero attached hydrogens (tertiary/aromatic N) is 2. The number of methoxy groups -OCH3 is 1. The van der Waals surface area contributed by atoms with E-state index < -0.39 is 0 Å². The Labute approximate surface area is 202 Å². The van der Waals surface area contributed by atoms with Crippen molar-refractivity contribution in [1.82, 2.24) is 14.5 Å². The van der Waals surface area contributed by atoms with E-state index >= 15 is 0 Å². The highest BCUT2D eigenvalue weighted by Gasteiger charge is 2.17. The zero-order valence-electron chi connectivity index (χ0n) is 19.1. The lowest BCUT2D eigenvalue weighted by molar-refractivity contribution is 0.414. The first kappa shape index (κ1) is 22.0. The maximum absolute atomic E-state index is 13.6. The quantitative estimate of drug-likeness (QED) is 0.234. The molecule has 0 spiro atoms. The van der Waals surface area contributed by atoms with Crippen molar-refractivity contribution in [2.24, 2.45) is 0 Å². The van der Waals surface area contributed by atoms with Gasteiger partial charge in [0.15, 0.2) is 5.16 Å². The molecule has 0 atom stereocenters. The zero-order valence-corrected chi connectivity index (χ0v) is 19.9. The number of thioether (sulfide) groups is 1. The molecule has 5 rings (SSSR count). The van der Waals surface area contributed by atoms with Crippen LogP contribution in [-0.4, -0.2) is 21.6 Å². The average Bonchev–Trinajstić information content (AvgIpc) is 3.31. The summed E-state index contributed by atoms with van der Waals surface area (Å²) in [4.78, 5) is 21.8. The van der Waals surface area contributed by atoms with Crippen LogP contribution >= 0.6 is 11.8 Å². The average molecular weight is 468 g/mol. The normalized spacial score (nSPS) is 11.1. The van der Waals surface area contributed by atoms with Crippen LogP contribution in [0.4, 0.5) is 0 Å². The van der Waals surface area contributed by atoms with Gasteiger partial charge < -0.3 is 9.72 Å². The fourth-order valence-electron chi connectivity index (χ4n) is 3.91. The standard InChI is InChI=1S/C28H25N3O2S/c1-19-8-10-21(11-9-19)18-34-28-30-25-24(22-6-4-3-5-7-22)16-29-26(25)27(32)31(28)17-20-12-14-23(33-2)15-13-20/h3-16,29H,17-18H2,1-2H3. The third kappa shape index (κ3) is 4.50. The molecule has 170 valence electrons. The summed E-state index contributed by atoms with van der Waals surface area (Å²) in [6, 6.07) is 26.3. The molecular formula is C28H25N3O2S. The molecule has 3 aromatic carbocycles. The lowest BCUT2D eigenvalue weighted by Gasteiger charge is -2.13. The molecule has 2 aromatic heterocycles. The van der Waals surface area contributed by atoms with Crippen molar-refractivity contribution in [3.05, 3.63) is 112 Å². The fourth-order valence-corrected chi connectivity index (χ4v) is 4.85. The van der Waals surface area contributed by atoms with Crippen LogP contribution in [0.15, 0.2) is 95.0 Å². The second-order valence-corrected chi connectivity index (χ2v) is 9.14. The maximum atomic E-state index is 13.6. The summed E-state index contributed by atoms with van der Waals surface area (Å²) in [6.07, 6.45) is 1.88. The monoisotopic (exact) mass is 467 g/mol. The summed E-state index contributed by atoms with van der Waals surface area (Å²) < 4.78 is 7.03. The van der Waals surface area contributed by atoms with Crippen molar-refractivity contribution in [3.63, 3.8) is 0 Å². The lowest BCUT2D eigenvalue weighted by Crippen LogP contribution is -2.24. The van der Waals surface area contributed by atoms with E-state index in [2.05, 4.69) is 36.2 Å². The van der Waals surface area contributed by atoms with Crippen molar-refractivity contribution in [2.75, 3.05) is 7.11 Å². The van der Waals surface area contributed by atoms with Crippen molar-refractivity contribution in [3.8, 4) is 16.9 Å². The molecular weight excluding hydrogens is 442 g/mol. The summed E-state index contributed by atoms with van der Waals surface area (Å²) in [5.74, 6) is 1.52. The molecule has 0 aliphatic heterocycles. The molecule has 0 aliphatic rings. The van der Waals surface area contributed by atoms with Crippen molar-refractivity contribution in [2.45, 2.75) is 24.4 Å². The number of H-pyrrole nitrogens is 1. The summed E-state index contributed by atoms with van der Waals surface area (Å²) in [6.45, 7) is 2.51. The highest BCUT2D eigenvalue weighted by atomic mass is 32.2. The van der Waals surface area contributed by atoms with Crippen LogP contribution in [0.5, 0.6) is 5.75 Å². The van der Waals surface area contributed by atoms with Gasteiger partial charge >= 0.3 is 0 Å². The Morgan fingerprint density at radius 1 is 0.941 bits per heavy atom. The zero-order chi connectivity index (χ0) is 23.5. The largest absolute Gasteiger partial charge is 0.497 e. The number of aromatic amines is 1. The highest BCUT2D eigenvalue weighted by Crippen LogP contribution is 2.29. The molecule has 0 amide bonds. The predicted octanol–water partition coefficient (Wildman–Crippen LogP) is 6.05. The first-order chi connectivity index (χ1) is 16.6. The van der Waals surface area contributed by atoms with E-state index in [4.69, 9.17) is 9.72 Å². The van der Waals surface area contributed by atoms with E-state index in [1.54, 1.807) is 23.4 Å². The van der Waals surface area contributed by atoms with Crippen molar-refractivity contribution >= 4 is 22.8 Å². The second-order valence-electron chi connectivity index (χ2n) is 8.20. The minimum absolute atomic E-state index is 0.0746. The molecule has 34 heavy (non-hydrogen) atoms. The number of rotatable bonds is 7. The third-order valence-electron chi connectivity index (χ3n) is 5.82. The summed E-state index contributed by atoms with van der Waals surface area (Å²) in [7, 11) is 1.65. The highest BCUT2D eigenvalue weighted by molar-refractivity contribution is 7.98. The van der Waals surface area contributed by atoms with Gasteiger partial charge in [-0.15, -0.1) is 0 Å². The molecule has 0 bridgehead atoms. The van der Waals surface area contributed by atoms with Gasteiger partial charge in [-0.2, -0.15) is 0 Å². The van der Waals surface area contributed by atoms with Gasteiger partial charge in [0, 0.05) is 17.5 Å². The van der Waals surface area contributed by atoms with Crippen molar-refractivity contribution in [1.29, 1.82) is 0 Å². The molecule has 0 unspecified atom stereocenters. The van der Waals surface area contributed by atoms with Crippen molar-refractivity contribution < 1.29 is 4.74 Å². The van der Waals surface area contributed by atoms with Gasteiger partial charge in [0.05, 0.1) is 13.7 Å². The predicted molar refractivity (Wildman–Crippen MR) is 139 cm³/mol. The molecule has 0 saturated heterocycles. The SMILES string of the molecule is COc1ccc(Cn2c(SCc3ccc(C)cc3)nc3c(-c4ccccc4)c[nH]c3c2=O)cc1. The summed E-state index contributed by atoms with van der Waals surface area (Å²) in [5, 5.41) is 0.700. The number of nitrogens with one attached hydrogen (secondary N) is 1. The molecule has 0 radical (unpaired) electrons. The Morgan fingerprint density at radius 2 is 1.65 bits per heavy atom. The maximum Gasteiger partial charge on any atom is 0.278 e. The van der Waals surface area contributed by atoms with Gasteiger partial charge in [-0.25, -0.2) is 4.98 Å². The molecule has 2 heterocycles. The van der Waals surface area contributed by atoms with Crippen LogP contribution in [0.25, 0.3) is 22.2 Å². The van der Waals surface area contributed by atoms with Crippen LogP contribution < -0.4 is 10.3 Å². The number of ether oxygens (including phenoxy) is 1. The molecule has 0 fully saturated rings. The fraction of sp³-hybridized carbons (Fsp3) is 0.143. The molecule has 5 aromatic rings. The minimum atomic E-state index is -0.0746. The Bertz CT molecular complexity index is 1470. The first-order valence-corrected chi connectivity index (χ1v) is 12.1. The number of hydrogen-bond donors (Lipinski definition) is 1. The van der Waals surface area contributed by atoms with E-state index in [1.165, 1.54) is 11.1 Å². The van der Waals surface area contributed by atoms with Gasteiger partial charge in [0.2, 0.25) is 0 Å². The summed E-state index contributed by atoms with van der Waals surface area (Å²) >= 11 is 1.58. The van der Waals surface area contributed by atoms with Crippen LogP contribution in [0.3, 0.4) is 0 Å².